The Bertz CT molecular complexity index is 647. The van der Waals surface area contributed by atoms with E-state index in [9.17, 15) is 4.79 Å². The van der Waals surface area contributed by atoms with Crippen molar-refractivity contribution in [1.82, 2.24) is 19.9 Å². The summed E-state index contributed by atoms with van der Waals surface area (Å²) in [6.07, 6.45) is 8.15. The highest BCUT2D eigenvalue weighted by atomic mass is 16.2. The number of aromatic nitrogens is 3. The molecule has 2 rings (SSSR count). The fraction of sp³-hybridized carbons (Fsp3) is 0.444. The van der Waals surface area contributed by atoms with Crippen LogP contribution >= 0.6 is 0 Å². The highest BCUT2D eigenvalue weighted by molar-refractivity contribution is 5.92. The summed E-state index contributed by atoms with van der Waals surface area (Å²) in [7, 11) is 3.75. The number of nitrogens with zero attached hydrogens (tertiary/aromatic N) is 5. The number of likely N-dealkylation sites (N-methyl/N-ethyl adjacent to an activating group) is 1. The molecular formula is C18H25N5O. The van der Waals surface area contributed by atoms with Crippen LogP contribution in [0.25, 0.3) is 0 Å². The van der Waals surface area contributed by atoms with E-state index in [1.165, 1.54) is 0 Å². The minimum Gasteiger partial charge on any atom is -0.344 e. The van der Waals surface area contributed by atoms with Crippen LogP contribution in [0.5, 0.6) is 0 Å². The summed E-state index contributed by atoms with van der Waals surface area (Å²) in [5, 5.41) is 0. The molecule has 0 fully saturated rings. The van der Waals surface area contributed by atoms with E-state index in [0.717, 1.165) is 31.4 Å². The lowest BCUT2D eigenvalue weighted by Crippen LogP contribution is -2.30. The van der Waals surface area contributed by atoms with Crippen LogP contribution in [0.4, 0.5) is 5.95 Å². The fourth-order valence-corrected chi connectivity index (χ4v) is 2.29. The molecule has 0 aromatic carbocycles. The van der Waals surface area contributed by atoms with Gasteiger partial charge in [0, 0.05) is 45.8 Å². The summed E-state index contributed by atoms with van der Waals surface area (Å²) in [5.41, 5.74) is 1.59. The van der Waals surface area contributed by atoms with Gasteiger partial charge >= 0.3 is 0 Å². The molecule has 0 atom stereocenters. The van der Waals surface area contributed by atoms with E-state index in [2.05, 4.69) is 21.9 Å². The summed E-state index contributed by atoms with van der Waals surface area (Å²) in [5.74, 6) is 0.508. The first-order valence-corrected chi connectivity index (χ1v) is 8.30. The second-order valence-corrected chi connectivity index (χ2v) is 5.85. The Hall–Kier alpha value is -2.50. The summed E-state index contributed by atoms with van der Waals surface area (Å²) < 4.78 is 0. The first-order chi connectivity index (χ1) is 11.6. The zero-order valence-corrected chi connectivity index (χ0v) is 14.6. The maximum absolute atomic E-state index is 12.6. The molecule has 0 saturated carbocycles. The van der Waals surface area contributed by atoms with Crippen LogP contribution in [-0.4, -0.2) is 52.9 Å². The molecule has 2 heterocycles. The van der Waals surface area contributed by atoms with E-state index in [0.29, 0.717) is 18.2 Å². The quantitative estimate of drug-likeness (QED) is 0.745. The van der Waals surface area contributed by atoms with Gasteiger partial charge in [-0.25, -0.2) is 9.97 Å². The Kier molecular flexibility index (Phi) is 6.66. The van der Waals surface area contributed by atoms with E-state index in [-0.39, 0.29) is 5.91 Å². The van der Waals surface area contributed by atoms with Crippen molar-refractivity contribution in [3.63, 3.8) is 0 Å². The third-order valence-corrected chi connectivity index (χ3v) is 3.88. The number of pyridine rings is 1. The van der Waals surface area contributed by atoms with Gasteiger partial charge < -0.3 is 9.80 Å². The molecule has 6 heteroatoms. The Labute approximate surface area is 143 Å². The second kappa shape index (κ2) is 8.96. The highest BCUT2D eigenvalue weighted by Gasteiger charge is 2.15. The molecule has 0 N–H and O–H groups in total. The van der Waals surface area contributed by atoms with Crippen molar-refractivity contribution < 1.29 is 4.79 Å². The minimum absolute atomic E-state index is 0.0865. The molecule has 0 unspecified atom stereocenters. The molecular weight excluding hydrogens is 302 g/mol. The lowest BCUT2D eigenvalue weighted by Gasteiger charge is -2.19. The normalized spacial score (nSPS) is 10.5. The number of unbranched alkanes of at least 4 members (excludes halogenated alkanes) is 1. The predicted molar refractivity (Wildman–Crippen MR) is 95.1 cm³/mol. The van der Waals surface area contributed by atoms with Gasteiger partial charge in [0.1, 0.15) is 5.69 Å². The number of carbonyl (C=O) groups is 1. The third-order valence-electron chi connectivity index (χ3n) is 3.88. The molecule has 0 aliphatic heterocycles. The molecule has 2 aromatic rings. The summed E-state index contributed by atoms with van der Waals surface area (Å²) in [6.45, 7) is 3.66. The van der Waals surface area contributed by atoms with E-state index in [4.69, 9.17) is 0 Å². The van der Waals surface area contributed by atoms with E-state index < -0.39 is 0 Å². The van der Waals surface area contributed by atoms with Crippen molar-refractivity contribution in [2.24, 2.45) is 0 Å². The smallest absolute Gasteiger partial charge is 0.272 e. The molecule has 0 bridgehead atoms. The van der Waals surface area contributed by atoms with Gasteiger partial charge in [-0.15, -0.1) is 0 Å². The SMILES string of the molecule is CCCCN(C)c1nccc(C(=O)N(C)CCc2ccncc2)n1. The van der Waals surface area contributed by atoms with Crippen molar-refractivity contribution in [3.05, 3.63) is 48.0 Å². The molecule has 0 aliphatic carbocycles. The van der Waals surface area contributed by atoms with Gasteiger partial charge in [0.05, 0.1) is 0 Å². The van der Waals surface area contributed by atoms with Crippen LogP contribution in [-0.2, 0) is 6.42 Å². The second-order valence-electron chi connectivity index (χ2n) is 5.85. The standard InChI is InChI=1S/C18H25N5O/c1-4-5-13-23(3)18-20-12-8-16(21-18)17(24)22(2)14-9-15-6-10-19-11-7-15/h6-8,10-12H,4-5,9,13-14H2,1-3H3. The predicted octanol–water partition coefficient (Wildman–Crippen LogP) is 2.42. The average Bonchev–Trinajstić information content (AvgIpc) is 2.64. The van der Waals surface area contributed by atoms with Crippen molar-refractivity contribution in [2.75, 3.05) is 32.1 Å². The molecule has 6 nitrogen and oxygen atoms in total. The molecule has 24 heavy (non-hydrogen) atoms. The first kappa shape index (κ1) is 17.8. The van der Waals surface area contributed by atoms with Crippen LogP contribution in [0, 0.1) is 0 Å². The average molecular weight is 327 g/mol. The summed E-state index contributed by atoms with van der Waals surface area (Å²) in [6, 6.07) is 5.59. The monoisotopic (exact) mass is 327 g/mol. The van der Waals surface area contributed by atoms with Crippen molar-refractivity contribution >= 4 is 11.9 Å². The van der Waals surface area contributed by atoms with Gasteiger partial charge in [0.2, 0.25) is 5.95 Å². The fourth-order valence-electron chi connectivity index (χ4n) is 2.29. The van der Waals surface area contributed by atoms with Gasteiger partial charge in [-0.05, 0) is 36.6 Å². The van der Waals surface area contributed by atoms with Crippen LogP contribution < -0.4 is 4.90 Å². The number of rotatable bonds is 8. The summed E-state index contributed by atoms with van der Waals surface area (Å²) >= 11 is 0. The maximum Gasteiger partial charge on any atom is 0.272 e. The van der Waals surface area contributed by atoms with E-state index in [1.807, 2.05) is 24.1 Å². The lowest BCUT2D eigenvalue weighted by molar-refractivity contribution is 0.0790. The van der Waals surface area contributed by atoms with E-state index in [1.54, 1.807) is 36.6 Å². The zero-order valence-electron chi connectivity index (χ0n) is 14.6. The minimum atomic E-state index is -0.0865. The molecule has 0 aliphatic rings. The Balaban J connectivity index is 1.98. The largest absolute Gasteiger partial charge is 0.344 e. The first-order valence-electron chi connectivity index (χ1n) is 8.30. The van der Waals surface area contributed by atoms with Crippen LogP contribution in [0.3, 0.4) is 0 Å². The highest BCUT2D eigenvalue weighted by Crippen LogP contribution is 2.09. The number of amides is 1. The molecule has 1 amide bonds. The zero-order chi connectivity index (χ0) is 17.4. The van der Waals surface area contributed by atoms with Gasteiger partial charge in [-0.1, -0.05) is 13.3 Å². The topological polar surface area (TPSA) is 62.2 Å². The molecule has 0 spiro atoms. The Morgan fingerprint density at radius 2 is 1.83 bits per heavy atom. The van der Waals surface area contributed by atoms with Crippen LogP contribution in [0.15, 0.2) is 36.8 Å². The lowest BCUT2D eigenvalue weighted by atomic mass is 10.2. The number of anilines is 1. The van der Waals surface area contributed by atoms with Crippen LogP contribution in [0.2, 0.25) is 0 Å². The van der Waals surface area contributed by atoms with Crippen molar-refractivity contribution in [2.45, 2.75) is 26.2 Å². The molecule has 0 radical (unpaired) electrons. The number of carbonyl (C=O) groups excluding carboxylic acids is 1. The number of hydrogen-bond acceptors (Lipinski definition) is 5. The van der Waals surface area contributed by atoms with Crippen LogP contribution in [0.1, 0.15) is 35.8 Å². The Morgan fingerprint density at radius 1 is 1.08 bits per heavy atom. The maximum atomic E-state index is 12.6. The third kappa shape index (κ3) is 5.01. The number of hydrogen-bond donors (Lipinski definition) is 0. The van der Waals surface area contributed by atoms with Gasteiger partial charge in [0.25, 0.3) is 5.91 Å². The molecule has 2 aromatic heterocycles. The van der Waals surface area contributed by atoms with Gasteiger partial charge in [0.15, 0.2) is 0 Å². The van der Waals surface area contributed by atoms with E-state index >= 15 is 0 Å². The Morgan fingerprint density at radius 3 is 2.54 bits per heavy atom. The van der Waals surface area contributed by atoms with Crippen molar-refractivity contribution in [3.8, 4) is 0 Å². The van der Waals surface area contributed by atoms with Gasteiger partial charge in [-0.3, -0.25) is 9.78 Å². The van der Waals surface area contributed by atoms with Gasteiger partial charge in [-0.2, -0.15) is 0 Å². The molecule has 0 saturated heterocycles. The van der Waals surface area contributed by atoms with Crippen molar-refractivity contribution in [1.29, 1.82) is 0 Å². The summed E-state index contributed by atoms with van der Waals surface area (Å²) in [4.78, 5) is 28.9. The molecule has 128 valence electrons.